The van der Waals surface area contributed by atoms with E-state index in [1.54, 1.807) is 10.4 Å². The van der Waals surface area contributed by atoms with Gasteiger partial charge in [0.1, 0.15) is 0 Å². The minimum atomic E-state index is 0. The first-order valence-electron chi connectivity index (χ1n) is 7.97. The van der Waals surface area contributed by atoms with Crippen molar-refractivity contribution in [3.05, 3.63) is 83.9 Å². The number of halogens is 2. The SMILES string of the molecule is COc1cc[c-]c2c1-c1ccccc1C2.C[C](C)=[Hf+2].[Cl-].[Cl-].c1cc[cH-]c1. The summed E-state index contributed by atoms with van der Waals surface area (Å²) in [4.78, 5) is 0. The number of rotatable bonds is 1. The average molecular weight is 552 g/mol. The summed E-state index contributed by atoms with van der Waals surface area (Å²) < 4.78 is 6.95. The van der Waals surface area contributed by atoms with Crippen LogP contribution >= 0.6 is 0 Å². The average Bonchev–Trinajstić information content (AvgIpc) is 3.25. The Balaban J connectivity index is 0.000000480. The van der Waals surface area contributed by atoms with Crippen LogP contribution in [0.4, 0.5) is 0 Å². The molecule has 0 aromatic heterocycles. The molecule has 0 spiro atoms. The second-order valence-corrected chi connectivity index (χ2v) is 9.29. The van der Waals surface area contributed by atoms with Crippen LogP contribution in [0.15, 0.2) is 66.7 Å². The molecule has 4 heteroatoms. The molecule has 0 saturated carbocycles. The number of fused-ring (bicyclic) bond motifs is 3. The Labute approximate surface area is 184 Å². The van der Waals surface area contributed by atoms with Crippen LogP contribution in [0.3, 0.4) is 0 Å². The van der Waals surface area contributed by atoms with Gasteiger partial charge in [-0.2, -0.15) is 30.3 Å². The van der Waals surface area contributed by atoms with Crippen LogP contribution in [0.1, 0.15) is 25.0 Å². The normalized spacial score (nSPS) is 9.58. The third-order valence-electron chi connectivity index (χ3n) is 3.47. The van der Waals surface area contributed by atoms with E-state index in [0.717, 1.165) is 12.2 Å². The fourth-order valence-electron chi connectivity index (χ4n) is 2.56. The largest absolute Gasteiger partial charge is 1.00 e. The van der Waals surface area contributed by atoms with Gasteiger partial charge in [-0.15, -0.1) is 11.6 Å². The van der Waals surface area contributed by atoms with E-state index < -0.39 is 0 Å². The van der Waals surface area contributed by atoms with Crippen molar-refractivity contribution < 1.29 is 53.4 Å². The zero-order chi connectivity index (χ0) is 17.4. The predicted octanol–water partition coefficient (Wildman–Crippen LogP) is -0.775. The summed E-state index contributed by atoms with van der Waals surface area (Å²) in [6.07, 6.45) is 0.975. The number of methoxy groups -OCH3 is 1. The molecule has 0 radical (unpaired) electrons. The monoisotopic (exact) mass is 552 g/mol. The van der Waals surface area contributed by atoms with Crippen LogP contribution in [0.25, 0.3) is 11.1 Å². The van der Waals surface area contributed by atoms with Crippen molar-refractivity contribution in [3.8, 4) is 16.9 Å². The summed E-state index contributed by atoms with van der Waals surface area (Å²) >= 11 is 1.27. The van der Waals surface area contributed by atoms with Gasteiger partial charge in [-0.1, -0.05) is 35.4 Å². The van der Waals surface area contributed by atoms with Crippen LogP contribution in [-0.4, -0.2) is 10.4 Å². The minimum absolute atomic E-state index is 0. The first kappa shape index (κ1) is 24.9. The van der Waals surface area contributed by atoms with Gasteiger partial charge >= 0.3 is 41.0 Å². The van der Waals surface area contributed by atoms with E-state index in [1.807, 2.05) is 42.5 Å². The molecule has 0 N–H and O–H groups in total. The Kier molecular flexibility index (Phi) is 12.6. The first-order valence-corrected chi connectivity index (χ1v) is 9.77. The Morgan fingerprint density at radius 2 is 1.65 bits per heavy atom. The summed E-state index contributed by atoms with van der Waals surface area (Å²) in [7, 11) is 1.72. The van der Waals surface area contributed by atoms with Crippen LogP contribution < -0.4 is 29.6 Å². The van der Waals surface area contributed by atoms with Gasteiger partial charge in [-0.3, -0.25) is 0 Å². The summed E-state index contributed by atoms with van der Waals surface area (Å²) in [6, 6.07) is 25.7. The maximum Gasteiger partial charge on any atom is -0.172 e. The van der Waals surface area contributed by atoms with E-state index in [-0.39, 0.29) is 24.8 Å². The van der Waals surface area contributed by atoms with E-state index in [9.17, 15) is 0 Å². The van der Waals surface area contributed by atoms with E-state index >= 15 is 0 Å². The predicted molar refractivity (Wildman–Crippen MR) is 98.5 cm³/mol. The smallest absolute Gasteiger partial charge is 0.172 e. The summed E-state index contributed by atoms with van der Waals surface area (Å²) in [5.74, 6) is 0.952. The van der Waals surface area contributed by atoms with Crippen molar-refractivity contribution in [1.82, 2.24) is 0 Å². The first-order chi connectivity index (χ1) is 11.6. The third kappa shape index (κ3) is 7.26. The quantitative estimate of drug-likeness (QED) is 0.223. The molecule has 0 unspecified atom stereocenters. The molecule has 1 nitrogen and oxygen atoms in total. The molecule has 0 saturated heterocycles. The van der Waals surface area contributed by atoms with E-state index in [1.165, 1.54) is 46.1 Å². The molecular formula is C22H22Cl2HfO-2. The Morgan fingerprint density at radius 1 is 1.04 bits per heavy atom. The molecule has 0 aliphatic heterocycles. The molecule has 4 rings (SSSR count). The van der Waals surface area contributed by atoms with Gasteiger partial charge in [-0.05, 0) is 12.0 Å². The summed E-state index contributed by atoms with van der Waals surface area (Å²) in [6.45, 7) is 4.29. The number of benzene rings is 2. The Morgan fingerprint density at radius 3 is 2.19 bits per heavy atom. The second-order valence-electron chi connectivity index (χ2n) is 5.70. The molecular weight excluding hydrogens is 530 g/mol. The summed E-state index contributed by atoms with van der Waals surface area (Å²) in [5.41, 5.74) is 5.13. The Bertz CT molecular complexity index is 761. The van der Waals surface area contributed by atoms with Gasteiger partial charge in [0.2, 0.25) is 0 Å². The molecule has 0 atom stereocenters. The van der Waals surface area contributed by atoms with Crippen LogP contribution in [0.2, 0.25) is 0 Å². The van der Waals surface area contributed by atoms with Crippen molar-refractivity contribution >= 4 is 3.26 Å². The van der Waals surface area contributed by atoms with E-state index in [4.69, 9.17) is 4.74 Å². The minimum Gasteiger partial charge on any atom is -1.00 e. The van der Waals surface area contributed by atoms with Crippen LogP contribution in [0.5, 0.6) is 5.75 Å². The van der Waals surface area contributed by atoms with Crippen molar-refractivity contribution in [1.29, 1.82) is 0 Å². The van der Waals surface area contributed by atoms with Gasteiger partial charge in [0.25, 0.3) is 0 Å². The molecule has 3 aromatic rings. The van der Waals surface area contributed by atoms with Crippen molar-refractivity contribution in [2.45, 2.75) is 20.3 Å². The molecule has 26 heavy (non-hydrogen) atoms. The van der Waals surface area contributed by atoms with Gasteiger partial charge in [0, 0.05) is 5.75 Å². The molecule has 1 aliphatic rings. The number of hydrogen-bond donors (Lipinski definition) is 0. The number of hydrogen-bond acceptors (Lipinski definition) is 1. The molecule has 1 aliphatic carbocycles. The second kappa shape index (κ2) is 13.1. The molecule has 0 amide bonds. The topological polar surface area (TPSA) is 9.23 Å². The summed E-state index contributed by atoms with van der Waals surface area (Å²) in [5, 5.41) is 0. The fourth-order valence-corrected chi connectivity index (χ4v) is 2.56. The van der Waals surface area contributed by atoms with Gasteiger partial charge in [0.15, 0.2) is 0 Å². The number of ether oxygens (including phenoxy) is 1. The third-order valence-corrected chi connectivity index (χ3v) is 3.47. The molecule has 0 bridgehead atoms. The zero-order valence-corrected chi connectivity index (χ0v) is 20.3. The van der Waals surface area contributed by atoms with Crippen LogP contribution in [0, 0.1) is 6.07 Å². The van der Waals surface area contributed by atoms with Crippen molar-refractivity contribution in [2.24, 2.45) is 0 Å². The Hall–Kier alpha value is -1.09. The van der Waals surface area contributed by atoms with Crippen molar-refractivity contribution in [2.75, 3.05) is 7.11 Å². The van der Waals surface area contributed by atoms with Crippen LogP contribution in [-0.2, 0) is 30.3 Å². The zero-order valence-electron chi connectivity index (χ0n) is 15.2. The van der Waals surface area contributed by atoms with Gasteiger partial charge in [0.05, 0.1) is 7.11 Å². The molecule has 0 fully saturated rings. The van der Waals surface area contributed by atoms with Gasteiger partial charge < -0.3 is 29.6 Å². The maximum absolute atomic E-state index is 5.39. The molecule has 0 heterocycles. The van der Waals surface area contributed by atoms with E-state index in [2.05, 4.69) is 44.2 Å². The molecule has 136 valence electrons. The fraction of sp³-hybridized carbons (Fsp3) is 0.182. The van der Waals surface area contributed by atoms with E-state index in [0.29, 0.717) is 0 Å². The standard InChI is InChI=1S/C14H11O.C5H5.C3H6.2ClH.Hf/c1-15-13-8-4-6-11-9-10-5-2-3-7-12(10)14(11)13;1-2-4-5-3-1;1-3-2;;;/h2-5,7-8H,9H2,1H3;1-5H;1-2H3;2*1H;/q2*-1;;;;+2/p-2. The maximum atomic E-state index is 5.39. The molecule has 3 aromatic carbocycles. The van der Waals surface area contributed by atoms with Crippen molar-refractivity contribution in [3.63, 3.8) is 0 Å². The van der Waals surface area contributed by atoms with Gasteiger partial charge in [-0.25, -0.2) is 12.1 Å².